The maximum Gasteiger partial charge on any atom is 0.130 e. The van der Waals surface area contributed by atoms with Gasteiger partial charge in [0.15, 0.2) is 0 Å². The Hall–Kier alpha value is -12.6. The molecule has 712 valence electrons. The van der Waals surface area contributed by atoms with E-state index in [-0.39, 0.29) is 0 Å². The average Bonchev–Trinajstić information content (AvgIpc) is 1.10. The van der Waals surface area contributed by atoms with Gasteiger partial charge in [0.25, 0.3) is 0 Å². The fourth-order valence-corrected chi connectivity index (χ4v) is 16.6. The molecule has 0 saturated heterocycles. The van der Waals surface area contributed by atoms with E-state index in [1.165, 1.54) is 0 Å². The summed E-state index contributed by atoms with van der Waals surface area (Å²) in [5.41, 5.74) is 19.7. The standard InChI is InChI=1S/4C26H31ClN6O/c4*1-17-25(18(2)33(32-17)16-26(3,4)34)31-24-9-5-7-20(30-24)8-6-13-28-22-12-14-29-23-15-19(27)10-11-21(22)23/h4*5,7,9-12,14-15,34H,6,8,13,16H2,1-4H3,(H,28,29)(H,30,31). The zero-order valence-corrected chi connectivity index (χ0v) is 83.3. The van der Waals surface area contributed by atoms with Crippen LogP contribution in [0.2, 0.25) is 20.1 Å². The van der Waals surface area contributed by atoms with Gasteiger partial charge in [-0.1, -0.05) is 70.7 Å². The Morgan fingerprint density at radius 3 is 0.684 bits per heavy atom. The molecule has 16 rings (SSSR count). The lowest BCUT2D eigenvalue weighted by atomic mass is 10.1. The predicted octanol–water partition coefficient (Wildman–Crippen LogP) is 22.6. The zero-order chi connectivity index (χ0) is 97.2. The second kappa shape index (κ2) is 45.3. The van der Waals surface area contributed by atoms with Crippen LogP contribution in [-0.2, 0) is 51.9 Å². The van der Waals surface area contributed by atoms with Crippen molar-refractivity contribution in [3.05, 3.63) is 283 Å². The summed E-state index contributed by atoms with van der Waals surface area (Å²) in [7, 11) is 0. The highest BCUT2D eigenvalue weighted by Gasteiger charge is 2.25. The van der Waals surface area contributed by atoms with Gasteiger partial charge in [-0.05, 0) is 308 Å². The summed E-state index contributed by atoms with van der Waals surface area (Å²) in [6.07, 6.45) is 14.4. The molecule has 12 N–H and O–H groups in total. The molecule has 0 aliphatic rings. The number of rotatable bonds is 36. The van der Waals surface area contributed by atoms with Crippen LogP contribution < -0.4 is 42.5 Å². The molecule has 16 aromatic rings. The van der Waals surface area contributed by atoms with Gasteiger partial charge < -0.3 is 63.0 Å². The molecule has 12 aromatic heterocycles. The molecule has 28 nitrogen and oxygen atoms in total. The first-order valence-electron chi connectivity index (χ1n) is 45.9. The molecule has 0 aliphatic carbocycles. The Balaban J connectivity index is 0.000000153. The average molecular weight is 1920 g/mol. The third-order valence-corrected chi connectivity index (χ3v) is 23.4. The fraction of sp³-hybridized carbons (Fsp3) is 0.346. The summed E-state index contributed by atoms with van der Waals surface area (Å²) in [5.74, 6) is 3.15. The zero-order valence-electron chi connectivity index (χ0n) is 80.2. The molecule has 0 saturated carbocycles. The van der Waals surface area contributed by atoms with Crippen molar-refractivity contribution in [1.29, 1.82) is 0 Å². The van der Waals surface area contributed by atoms with E-state index in [4.69, 9.17) is 66.3 Å². The molecule has 0 radical (unpaired) electrons. The van der Waals surface area contributed by atoms with Crippen LogP contribution in [0.4, 0.5) is 68.8 Å². The van der Waals surface area contributed by atoms with E-state index in [2.05, 4.69) is 82.9 Å². The first-order valence-corrected chi connectivity index (χ1v) is 47.4. The highest BCUT2D eigenvalue weighted by atomic mass is 35.5. The van der Waals surface area contributed by atoms with Gasteiger partial charge in [0, 0.05) is 138 Å². The number of hydrogen-bond donors (Lipinski definition) is 12. The van der Waals surface area contributed by atoms with Crippen LogP contribution in [0.15, 0.2) is 195 Å². The molecule has 0 unspecified atom stereocenters. The Bertz CT molecular complexity index is 5980. The maximum atomic E-state index is 10.2. The first kappa shape index (κ1) is 101. The van der Waals surface area contributed by atoms with E-state index in [1.807, 2.05) is 244 Å². The third-order valence-electron chi connectivity index (χ3n) is 22.4. The Kier molecular flexibility index (Phi) is 33.6. The van der Waals surface area contributed by atoms with Gasteiger partial charge in [-0.3, -0.25) is 38.7 Å². The van der Waals surface area contributed by atoms with Gasteiger partial charge in [-0.25, -0.2) is 19.9 Å². The van der Waals surface area contributed by atoms with Crippen molar-refractivity contribution in [2.75, 3.05) is 68.7 Å². The molecule has 0 spiro atoms. The molecule has 0 atom stereocenters. The number of aryl methyl sites for hydroxylation is 8. The van der Waals surface area contributed by atoms with Crippen LogP contribution in [0.1, 0.15) is 149 Å². The first-order chi connectivity index (χ1) is 64.8. The van der Waals surface area contributed by atoms with Gasteiger partial charge >= 0.3 is 0 Å². The minimum atomic E-state index is -0.831. The lowest BCUT2D eigenvalue weighted by Gasteiger charge is -2.18. The SMILES string of the molecule is Cc1nn(CC(C)(C)O)c(C)c1Nc1cccc(CCCNc2ccnc3cc(Cl)ccc23)n1.Cc1nn(CC(C)(C)O)c(C)c1Nc1cccc(CCCNc2ccnc3cc(Cl)ccc23)n1.Cc1nn(CC(C)(C)O)c(C)c1Nc1cccc(CCCNc2ccnc3cc(Cl)ccc23)n1.Cc1nn(CC(C)(C)O)c(C)c1Nc1cccc(CCCNc2ccnc3cc(Cl)ccc23)n1. The van der Waals surface area contributed by atoms with Gasteiger partial charge in [0.1, 0.15) is 23.3 Å². The van der Waals surface area contributed by atoms with Crippen molar-refractivity contribution in [3.63, 3.8) is 0 Å². The Morgan fingerprint density at radius 1 is 0.279 bits per heavy atom. The molecule has 0 fully saturated rings. The summed E-state index contributed by atoms with van der Waals surface area (Å²) in [6.45, 7) is 35.1. The topological polar surface area (TPSA) is 352 Å². The second-order valence-corrected chi connectivity index (χ2v) is 38.6. The highest BCUT2D eigenvalue weighted by molar-refractivity contribution is 6.32. The third kappa shape index (κ3) is 28.7. The van der Waals surface area contributed by atoms with Gasteiger partial charge in [-0.15, -0.1) is 0 Å². The number of benzene rings is 4. The van der Waals surface area contributed by atoms with Crippen LogP contribution in [0.3, 0.4) is 0 Å². The van der Waals surface area contributed by atoms with Gasteiger partial charge in [0.2, 0.25) is 0 Å². The molecular weight excluding hydrogens is 1790 g/mol. The lowest BCUT2D eigenvalue weighted by molar-refractivity contribution is 0.0564. The number of aromatic nitrogens is 16. The van der Waals surface area contributed by atoms with Crippen LogP contribution in [0, 0.1) is 55.4 Å². The summed E-state index contributed by atoms with van der Waals surface area (Å²) < 4.78 is 7.35. The van der Waals surface area contributed by atoms with Crippen molar-refractivity contribution in [2.45, 2.75) is 211 Å². The molecule has 0 aliphatic heterocycles. The predicted molar refractivity (Wildman–Crippen MR) is 556 cm³/mol. The van der Waals surface area contributed by atoms with E-state index in [0.29, 0.717) is 46.3 Å². The van der Waals surface area contributed by atoms with Crippen molar-refractivity contribution in [1.82, 2.24) is 79.0 Å². The number of hydrogen-bond acceptors (Lipinski definition) is 24. The number of nitrogens with zero attached hydrogens (tertiary/aromatic N) is 16. The number of halogens is 4. The van der Waals surface area contributed by atoms with Crippen LogP contribution >= 0.6 is 46.4 Å². The monoisotopic (exact) mass is 1910 g/mol. The van der Waals surface area contributed by atoms with E-state index in [0.717, 1.165) is 258 Å². The quantitative estimate of drug-likeness (QED) is 0.0162. The number of anilines is 12. The Labute approximate surface area is 815 Å². The number of fused-ring (bicyclic) bond motifs is 4. The molecule has 12 heterocycles. The molecule has 32 heteroatoms. The summed E-state index contributed by atoms with van der Waals surface area (Å²) in [5, 5.41) is 93.6. The molecular formula is C104H124Cl4N24O4. The smallest absolute Gasteiger partial charge is 0.130 e. The van der Waals surface area contributed by atoms with E-state index in [1.54, 1.807) is 80.2 Å². The minimum absolute atomic E-state index is 0.432. The van der Waals surface area contributed by atoms with Crippen molar-refractivity contribution < 1.29 is 20.4 Å². The van der Waals surface area contributed by atoms with Crippen LogP contribution in [0.25, 0.3) is 43.6 Å². The van der Waals surface area contributed by atoms with Crippen molar-refractivity contribution in [2.24, 2.45) is 0 Å². The normalized spacial score (nSPS) is 11.7. The van der Waals surface area contributed by atoms with Gasteiger partial charge in [0.05, 0.1) is 139 Å². The molecule has 136 heavy (non-hydrogen) atoms. The van der Waals surface area contributed by atoms with Crippen molar-refractivity contribution >= 4 is 159 Å². The largest absolute Gasteiger partial charge is 0.389 e. The second-order valence-electron chi connectivity index (χ2n) is 36.8. The fourth-order valence-electron chi connectivity index (χ4n) is 15.9. The van der Waals surface area contributed by atoms with Gasteiger partial charge in [-0.2, -0.15) is 20.4 Å². The maximum absolute atomic E-state index is 10.2. The van der Waals surface area contributed by atoms with Crippen LogP contribution in [-0.4, -0.2) is 148 Å². The number of aliphatic hydroxyl groups is 4. The minimum Gasteiger partial charge on any atom is -0.389 e. The highest BCUT2D eigenvalue weighted by Crippen LogP contribution is 2.34. The number of nitrogens with one attached hydrogen (secondary N) is 8. The van der Waals surface area contributed by atoms with E-state index in [9.17, 15) is 20.4 Å². The van der Waals surface area contributed by atoms with E-state index >= 15 is 0 Å². The summed E-state index contributed by atoms with van der Waals surface area (Å²) in [4.78, 5) is 36.7. The van der Waals surface area contributed by atoms with Crippen LogP contribution in [0.5, 0.6) is 0 Å². The lowest BCUT2D eigenvalue weighted by Crippen LogP contribution is -2.27. The summed E-state index contributed by atoms with van der Waals surface area (Å²) >= 11 is 24.3. The number of pyridine rings is 8. The molecule has 0 amide bonds. The van der Waals surface area contributed by atoms with E-state index < -0.39 is 22.4 Å². The van der Waals surface area contributed by atoms with Crippen molar-refractivity contribution in [3.8, 4) is 0 Å². The molecule has 4 aromatic carbocycles. The Morgan fingerprint density at radius 2 is 0.485 bits per heavy atom. The molecule has 0 bridgehead atoms. The summed E-state index contributed by atoms with van der Waals surface area (Å²) in [6, 6.07) is 55.1.